The number of hydrogen-bond donors (Lipinski definition) is 1. The number of ether oxygens (including phenoxy) is 3. The number of aromatic amines is 1. The molecular formula is C16H19BrN2O3. The van der Waals surface area contributed by atoms with Crippen molar-refractivity contribution in [1.29, 1.82) is 0 Å². The molecule has 1 aliphatic heterocycles. The van der Waals surface area contributed by atoms with Gasteiger partial charge in [0.15, 0.2) is 6.79 Å². The molecule has 3 rings (SSSR count). The monoisotopic (exact) mass is 366 g/mol. The molecule has 1 aliphatic rings. The largest absolute Gasteiger partial charge is 0.466 e. The third kappa shape index (κ3) is 3.51. The maximum absolute atomic E-state index is 5.86. The van der Waals surface area contributed by atoms with Crippen LogP contribution in [0.25, 0.3) is 0 Å². The molecule has 0 spiro atoms. The van der Waals surface area contributed by atoms with E-state index in [0.717, 1.165) is 35.4 Å². The standard InChI is InChI=1S/C16H19BrN2O3/c1-20-10-22-15-8-11(2-3-13(15)17)12-5-7-21-16(9-12)14-4-6-18-19-14/h2-4,6,8,12,16H,5,7,9-10H2,1H3,(H,18,19)/t12-,16?/m1/s1. The average molecular weight is 367 g/mol. The first-order valence-electron chi connectivity index (χ1n) is 7.30. The van der Waals surface area contributed by atoms with Crippen molar-refractivity contribution in [1.82, 2.24) is 10.2 Å². The second kappa shape index (κ2) is 7.26. The Morgan fingerprint density at radius 2 is 2.32 bits per heavy atom. The van der Waals surface area contributed by atoms with Crippen molar-refractivity contribution in [2.75, 3.05) is 20.5 Å². The summed E-state index contributed by atoms with van der Waals surface area (Å²) >= 11 is 3.51. The van der Waals surface area contributed by atoms with Crippen LogP contribution in [-0.4, -0.2) is 30.7 Å². The van der Waals surface area contributed by atoms with Crippen molar-refractivity contribution in [2.24, 2.45) is 0 Å². The van der Waals surface area contributed by atoms with Gasteiger partial charge >= 0.3 is 0 Å². The molecule has 1 aromatic carbocycles. The molecule has 1 unspecified atom stereocenters. The van der Waals surface area contributed by atoms with Crippen LogP contribution >= 0.6 is 15.9 Å². The number of nitrogens with one attached hydrogen (secondary N) is 1. The second-order valence-corrected chi connectivity index (χ2v) is 6.19. The molecule has 2 atom stereocenters. The summed E-state index contributed by atoms with van der Waals surface area (Å²) < 4.78 is 17.4. The zero-order valence-electron chi connectivity index (χ0n) is 12.4. The third-order valence-corrected chi connectivity index (χ3v) is 4.57. The summed E-state index contributed by atoms with van der Waals surface area (Å²) in [7, 11) is 1.62. The van der Waals surface area contributed by atoms with Crippen LogP contribution < -0.4 is 4.74 Å². The fourth-order valence-corrected chi connectivity index (χ4v) is 3.13. The molecule has 0 aliphatic carbocycles. The van der Waals surface area contributed by atoms with Crippen molar-refractivity contribution in [3.05, 3.63) is 46.2 Å². The summed E-state index contributed by atoms with van der Waals surface area (Å²) in [5, 5.41) is 7.01. The lowest BCUT2D eigenvalue weighted by atomic mass is 9.87. The third-order valence-electron chi connectivity index (χ3n) is 3.91. The topological polar surface area (TPSA) is 56.4 Å². The molecule has 0 saturated carbocycles. The first-order chi connectivity index (χ1) is 10.8. The lowest BCUT2D eigenvalue weighted by molar-refractivity contribution is 0.00258. The van der Waals surface area contributed by atoms with Crippen molar-refractivity contribution in [3.63, 3.8) is 0 Å². The molecule has 0 radical (unpaired) electrons. The van der Waals surface area contributed by atoms with Crippen molar-refractivity contribution in [2.45, 2.75) is 24.9 Å². The number of halogens is 1. The smallest absolute Gasteiger partial charge is 0.188 e. The van der Waals surface area contributed by atoms with Gasteiger partial charge in [0.1, 0.15) is 5.75 Å². The van der Waals surface area contributed by atoms with E-state index in [1.165, 1.54) is 5.56 Å². The van der Waals surface area contributed by atoms with Crippen LogP contribution in [0, 0.1) is 0 Å². The van der Waals surface area contributed by atoms with Gasteiger partial charge < -0.3 is 14.2 Å². The van der Waals surface area contributed by atoms with E-state index in [1.807, 2.05) is 12.1 Å². The number of benzene rings is 1. The maximum atomic E-state index is 5.86. The predicted octanol–water partition coefficient (Wildman–Crippen LogP) is 3.79. The van der Waals surface area contributed by atoms with Crippen LogP contribution in [-0.2, 0) is 9.47 Å². The molecule has 2 heterocycles. The van der Waals surface area contributed by atoms with Crippen molar-refractivity contribution in [3.8, 4) is 5.75 Å². The Morgan fingerprint density at radius 1 is 1.41 bits per heavy atom. The fraction of sp³-hybridized carbons (Fsp3) is 0.438. The molecule has 2 aromatic rings. The Bertz CT molecular complexity index is 603. The first kappa shape index (κ1) is 15.5. The van der Waals surface area contributed by atoms with Gasteiger partial charge in [-0.15, -0.1) is 0 Å². The fourth-order valence-electron chi connectivity index (χ4n) is 2.77. The van der Waals surface area contributed by atoms with Gasteiger partial charge in [-0.1, -0.05) is 6.07 Å². The lowest BCUT2D eigenvalue weighted by Crippen LogP contribution is -2.19. The van der Waals surface area contributed by atoms with Gasteiger partial charge in [0.25, 0.3) is 0 Å². The van der Waals surface area contributed by atoms with E-state index >= 15 is 0 Å². The van der Waals surface area contributed by atoms with E-state index in [9.17, 15) is 0 Å². The Labute approximate surface area is 138 Å². The highest BCUT2D eigenvalue weighted by atomic mass is 79.9. The highest BCUT2D eigenvalue weighted by Crippen LogP contribution is 2.39. The van der Waals surface area contributed by atoms with Gasteiger partial charge in [-0.2, -0.15) is 5.10 Å². The summed E-state index contributed by atoms with van der Waals surface area (Å²) in [5.74, 6) is 1.25. The van der Waals surface area contributed by atoms with Crippen LogP contribution in [0.15, 0.2) is 34.9 Å². The molecule has 118 valence electrons. The number of H-pyrrole nitrogens is 1. The SMILES string of the molecule is COCOc1cc([C@@H]2CCOC(c3ccn[nH]3)C2)ccc1Br. The maximum Gasteiger partial charge on any atom is 0.188 e. The molecule has 1 N–H and O–H groups in total. The number of nitrogens with zero attached hydrogens (tertiary/aromatic N) is 1. The number of aromatic nitrogens is 2. The molecule has 1 fully saturated rings. The van der Waals surface area contributed by atoms with Gasteiger partial charge in [-0.05, 0) is 58.5 Å². The Kier molecular flexibility index (Phi) is 5.12. The highest BCUT2D eigenvalue weighted by Gasteiger charge is 2.26. The van der Waals surface area contributed by atoms with E-state index in [4.69, 9.17) is 14.2 Å². The molecule has 0 amide bonds. The summed E-state index contributed by atoms with van der Waals surface area (Å²) in [6, 6.07) is 8.23. The quantitative estimate of drug-likeness (QED) is 0.817. The van der Waals surface area contributed by atoms with Crippen molar-refractivity contribution < 1.29 is 14.2 Å². The number of hydrogen-bond acceptors (Lipinski definition) is 4. The minimum atomic E-state index is 0.0771. The molecule has 1 saturated heterocycles. The van der Waals surface area contributed by atoms with E-state index in [-0.39, 0.29) is 12.9 Å². The summed E-state index contributed by atoms with van der Waals surface area (Å²) in [6.45, 7) is 0.991. The van der Waals surface area contributed by atoms with Crippen LogP contribution in [0.4, 0.5) is 0 Å². The molecular weight excluding hydrogens is 348 g/mol. The van der Waals surface area contributed by atoms with Crippen LogP contribution in [0.2, 0.25) is 0 Å². The Balaban J connectivity index is 1.75. The first-order valence-corrected chi connectivity index (χ1v) is 8.09. The Hall–Kier alpha value is -1.37. The van der Waals surface area contributed by atoms with Gasteiger partial charge in [-0.25, -0.2) is 0 Å². The molecule has 0 bridgehead atoms. The van der Waals surface area contributed by atoms with E-state index < -0.39 is 0 Å². The van der Waals surface area contributed by atoms with Crippen LogP contribution in [0.5, 0.6) is 5.75 Å². The predicted molar refractivity (Wildman–Crippen MR) is 85.9 cm³/mol. The minimum Gasteiger partial charge on any atom is -0.466 e. The van der Waals surface area contributed by atoms with Crippen LogP contribution in [0.1, 0.15) is 36.1 Å². The van der Waals surface area contributed by atoms with E-state index in [0.29, 0.717) is 5.92 Å². The normalized spacial score (nSPS) is 21.7. The van der Waals surface area contributed by atoms with Gasteiger partial charge in [-0.3, -0.25) is 5.10 Å². The number of methoxy groups -OCH3 is 1. The lowest BCUT2D eigenvalue weighted by Gasteiger charge is -2.29. The van der Waals surface area contributed by atoms with Crippen LogP contribution in [0.3, 0.4) is 0 Å². The highest BCUT2D eigenvalue weighted by molar-refractivity contribution is 9.10. The zero-order chi connectivity index (χ0) is 15.4. The average Bonchev–Trinajstić information content (AvgIpc) is 3.09. The molecule has 5 nitrogen and oxygen atoms in total. The summed E-state index contributed by atoms with van der Waals surface area (Å²) in [4.78, 5) is 0. The van der Waals surface area contributed by atoms with Gasteiger partial charge in [0, 0.05) is 19.9 Å². The van der Waals surface area contributed by atoms with Crippen molar-refractivity contribution >= 4 is 15.9 Å². The Morgan fingerprint density at radius 3 is 3.09 bits per heavy atom. The zero-order valence-corrected chi connectivity index (χ0v) is 14.0. The molecule has 6 heteroatoms. The second-order valence-electron chi connectivity index (χ2n) is 5.33. The van der Waals surface area contributed by atoms with E-state index in [1.54, 1.807) is 13.3 Å². The molecule has 1 aromatic heterocycles. The van der Waals surface area contributed by atoms with E-state index in [2.05, 4.69) is 38.3 Å². The minimum absolute atomic E-state index is 0.0771. The van der Waals surface area contributed by atoms with Gasteiger partial charge in [0.2, 0.25) is 0 Å². The number of rotatable bonds is 5. The molecule has 22 heavy (non-hydrogen) atoms. The summed E-state index contributed by atoms with van der Waals surface area (Å²) in [6.07, 6.45) is 3.79. The van der Waals surface area contributed by atoms with Gasteiger partial charge in [0.05, 0.1) is 16.3 Å². The summed E-state index contributed by atoms with van der Waals surface area (Å²) in [5.41, 5.74) is 2.31.